The summed E-state index contributed by atoms with van der Waals surface area (Å²) < 4.78 is 0. The Morgan fingerprint density at radius 1 is 1.35 bits per heavy atom. The summed E-state index contributed by atoms with van der Waals surface area (Å²) in [5.41, 5.74) is 3.15. The van der Waals surface area contributed by atoms with Crippen molar-refractivity contribution < 1.29 is 9.90 Å². The van der Waals surface area contributed by atoms with Crippen LogP contribution in [0.5, 0.6) is 0 Å². The van der Waals surface area contributed by atoms with Gasteiger partial charge in [0, 0.05) is 16.8 Å². The van der Waals surface area contributed by atoms with Crippen molar-refractivity contribution in [1.29, 1.82) is 0 Å². The van der Waals surface area contributed by atoms with Crippen LogP contribution in [0.3, 0.4) is 0 Å². The number of hydrogen-bond acceptors (Lipinski definition) is 4. The van der Waals surface area contributed by atoms with Crippen molar-refractivity contribution in [2.75, 3.05) is 0 Å². The Kier molecular flexibility index (Phi) is 2.91. The van der Waals surface area contributed by atoms with Gasteiger partial charge in [-0.1, -0.05) is 36.9 Å². The number of nitrogens with one attached hydrogen (secondary N) is 1. The number of carboxylic acids is 1. The average Bonchev–Trinajstić information content (AvgIpc) is 2.77. The number of thiophene rings is 1. The van der Waals surface area contributed by atoms with Gasteiger partial charge in [-0.25, -0.2) is 9.79 Å². The van der Waals surface area contributed by atoms with Crippen LogP contribution >= 0.6 is 11.3 Å². The van der Waals surface area contributed by atoms with E-state index in [9.17, 15) is 9.90 Å². The molecule has 2 aromatic rings. The number of rotatable bonds is 2. The number of amidine groups is 1. The van der Waals surface area contributed by atoms with Crippen LogP contribution in [0.25, 0.3) is 5.70 Å². The summed E-state index contributed by atoms with van der Waals surface area (Å²) in [6, 6.07) is 9.69. The molecule has 100 valence electrons. The van der Waals surface area contributed by atoms with Crippen molar-refractivity contribution in [3.8, 4) is 0 Å². The predicted molar refractivity (Wildman–Crippen MR) is 80.8 cm³/mol. The molecule has 0 aliphatic carbocycles. The Bertz CT molecular complexity index is 745. The maximum absolute atomic E-state index is 11.2. The van der Waals surface area contributed by atoms with Crippen molar-refractivity contribution in [2.24, 2.45) is 4.99 Å². The third kappa shape index (κ3) is 1.92. The number of aliphatic imine (C=N–C) groups is 1. The van der Waals surface area contributed by atoms with Crippen molar-refractivity contribution in [3.63, 3.8) is 0 Å². The zero-order chi connectivity index (χ0) is 14.3. The molecule has 0 spiro atoms. The zero-order valence-corrected chi connectivity index (χ0v) is 11.6. The maximum Gasteiger partial charge on any atom is 0.346 e. The summed E-state index contributed by atoms with van der Waals surface area (Å²) in [6.07, 6.45) is 0. The van der Waals surface area contributed by atoms with Crippen molar-refractivity contribution in [3.05, 3.63) is 58.5 Å². The quantitative estimate of drug-likeness (QED) is 0.888. The molecular formula is C15H12N2O2S. The largest absolute Gasteiger partial charge is 0.477 e. The van der Waals surface area contributed by atoms with Gasteiger partial charge in [0.25, 0.3) is 0 Å². The highest BCUT2D eigenvalue weighted by atomic mass is 32.1. The minimum Gasteiger partial charge on any atom is -0.477 e. The Balaban J connectivity index is 2.15. The van der Waals surface area contributed by atoms with E-state index in [4.69, 9.17) is 0 Å². The van der Waals surface area contributed by atoms with E-state index in [0.717, 1.165) is 11.1 Å². The number of aromatic carboxylic acids is 1. The molecule has 1 aromatic carbocycles. The lowest BCUT2D eigenvalue weighted by Gasteiger charge is -2.18. The third-order valence-electron chi connectivity index (χ3n) is 3.15. The molecule has 0 bridgehead atoms. The molecule has 0 atom stereocenters. The van der Waals surface area contributed by atoms with Gasteiger partial charge in [0.15, 0.2) is 0 Å². The Hall–Kier alpha value is -2.40. The molecule has 0 saturated heterocycles. The van der Waals surface area contributed by atoms with E-state index in [0.29, 0.717) is 27.0 Å². The highest BCUT2D eigenvalue weighted by molar-refractivity contribution is 7.18. The van der Waals surface area contributed by atoms with E-state index in [1.807, 2.05) is 30.3 Å². The molecule has 0 amide bonds. The monoisotopic (exact) mass is 284 g/mol. The molecule has 0 fully saturated rings. The van der Waals surface area contributed by atoms with Gasteiger partial charge in [-0.2, -0.15) is 0 Å². The Labute approximate surface area is 120 Å². The predicted octanol–water partition coefficient (Wildman–Crippen LogP) is 3.41. The number of nitrogens with zero attached hydrogens (tertiary/aromatic N) is 1. The van der Waals surface area contributed by atoms with E-state index >= 15 is 0 Å². The van der Waals surface area contributed by atoms with Crippen molar-refractivity contribution >= 4 is 33.8 Å². The normalized spacial score (nSPS) is 13.4. The molecule has 1 aromatic heterocycles. The summed E-state index contributed by atoms with van der Waals surface area (Å²) in [4.78, 5) is 16.1. The van der Waals surface area contributed by atoms with Gasteiger partial charge in [-0.15, -0.1) is 11.3 Å². The molecule has 1 aliphatic rings. The fourth-order valence-electron chi connectivity index (χ4n) is 2.20. The van der Waals surface area contributed by atoms with Crippen molar-refractivity contribution in [1.82, 2.24) is 5.32 Å². The maximum atomic E-state index is 11.2. The summed E-state index contributed by atoms with van der Waals surface area (Å²) in [7, 11) is 0. The van der Waals surface area contributed by atoms with E-state index < -0.39 is 5.97 Å². The highest BCUT2D eigenvalue weighted by Gasteiger charge is 2.25. The first-order valence-electron chi connectivity index (χ1n) is 6.05. The Morgan fingerprint density at radius 2 is 2.05 bits per heavy atom. The zero-order valence-electron chi connectivity index (χ0n) is 10.8. The summed E-state index contributed by atoms with van der Waals surface area (Å²) >= 11 is 1.18. The van der Waals surface area contributed by atoms with Crippen LogP contribution in [0.2, 0.25) is 0 Å². The second-order valence-electron chi connectivity index (χ2n) is 4.47. The van der Waals surface area contributed by atoms with E-state index in [-0.39, 0.29) is 0 Å². The van der Waals surface area contributed by atoms with Crippen LogP contribution in [-0.4, -0.2) is 16.9 Å². The van der Waals surface area contributed by atoms with Crippen LogP contribution in [0.1, 0.15) is 26.4 Å². The van der Waals surface area contributed by atoms with Crippen molar-refractivity contribution in [2.45, 2.75) is 6.92 Å². The van der Waals surface area contributed by atoms with E-state index in [2.05, 4.69) is 16.9 Å². The fraction of sp³-hybridized carbons (Fsp3) is 0.0667. The summed E-state index contributed by atoms with van der Waals surface area (Å²) in [5, 5.41) is 13.0. The lowest BCUT2D eigenvalue weighted by Crippen LogP contribution is -2.25. The fourth-order valence-corrected chi connectivity index (χ4v) is 3.26. The number of benzene rings is 1. The molecular weight excluding hydrogens is 272 g/mol. The van der Waals surface area contributed by atoms with E-state index in [1.165, 1.54) is 11.3 Å². The molecule has 2 N–H and O–H groups in total. The highest BCUT2D eigenvalue weighted by Crippen LogP contribution is 2.40. The Morgan fingerprint density at radius 3 is 2.70 bits per heavy atom. The molecule has 20 heavy (non-hydrogen) atoms. The molecule has 2 heterocycles. The van der Waals surface area contributed by atoms with Crippen LogP contribution in [0.4, 0.5) is 5.00 Å². The second-order valence-corrected chi connectivity index (χ2v) is 5.47. The number of fused-ring (bicyclic) bond motifs is 1. The molecule has 0 saturated carbocycles. The summed E-state index contributed by atoms with van der Waals surface area (Å²) in [6.45, 7) is 5.77. The lowest BCUT2D eigenvalue weighted by atomic mass is 10.1. The second kappa shape index (κ2) is 4.61. The first-order chi connectivity index (χ1) is 9.58. The minimum atomic E-state index is -0.925. The molecule has 4 nitrogen and oxygen atoms in total. The van der Waals surface area contributed by atoms with E-state index in [1.54, 1.807) is 6.92 Å². The average molecular weight is 284 g/mol. The number of carboxylic acid groups (broad SMARTS) is 1. The van der Waals surface area contributed by atoms with Crippen LogP contribution < -0.4 is 5.32 Å². The van der Waals surface area contributed by atoms with Gasteiger partial charge < -0.3 is 10.4 Å². The smallest absolute Gasteiger partial charge is 0.346 e. The van der Waals surface area contributed by atoms with Gasteiger partial charge in [0.2, 0.25) is 0 Å². The first-order valence-corrected chi connectivity index (χ1v) is 6.86. The summed E-state index contributed by atoms with van der Waals surface area (Å²) in [5.74, 6) is -0.229. The molecule has 0 unspecified atom stereocenters. The van der Waals surface area contributed by atoms with Gasteiger partial charge in [0.05, 0.1) is 0 Å². The van der Waals surface area contributed by atoms with Gasteiger partial charge in [-0.3, -0.25) is 0 Å². The minimum absolute atomic E-state index is 0.316. The first kappa shape index (κ1) is 12.6. The SMILES string of the molecule is C=C1NC(c2ccccc2)=Nc2sc(C(=O)O)c(C)c21. The van der Waals surface area contributed by atoms with Gasteiger partial charge in [0.1, 0.15) is 15.7 Å². The molecule has 3 rings (SSSR count). The standard InChI is InChI=1S/C15H12N2O2S/c1-8-11-9(2)16-13(10-6-4-3-5-7-10)17-14(11)20-12(8)15(18)19/h3-7H,2H2,1H3,(H,16,17)(H,18,19). The van der Waals surface area contributed by atoms with Gasteiger partial charge >= 0.3 is 5.97 Å². The lowest BCUT2D eigenvalue weighted by molar-refractivity contribution is 0.0701. The van der Waals surface area contributed by atoms with Crippen LogP contribution in [0.15, 0.2) is 41.9 Å². The molecule has 5 heteroatoms. The molecule has 1 aliphatic heterocycles. The topological polar surface area (TPSA) is 61.7 Å². The molecule has 0 radical (unpaired) electrons. The van der Waals surface area contributed by atoms with Crippen LogP contribution in [0, 0.1) is 6.92 Å². The van der Waals surface area contributed by atoms with Gasteiger partial charge in [-0.05, 0) is 12.5 Å². The number of carbonyl (C=O) groups is 1. The number of hydrogen-bond donors (Lipinski definition) is 2. The third-order valence-corrected chi connectivity index (χ3v) is 4.33. The van der Waals surface area contributed by atoms with Crippen LogP contribution in [-0.2, 0) is 0 Å².